The number of benzene rings is 2. The van der Waals surface area contributed by atoms with Crippen LogP contribution in [-0.4, -0.2) is 55.5 Å². The molecule has 0 N–H and O–H groups in total. The van der Waals surface area contributed by atoms with E-state index >= 15 is 0 Å². The third kappa shape index (κ3) is 6.12. The molecule has 0 unspecified atom stereocenters. The monoisotopic (exact) mass is 492 g/mol. The third-order valence-corrected chi connectivity index (χ3v) is 6.57. The molecule has 1 aliphatic rings. The highest BCUT2D eigenvalue weighted by Gasteiger charge is 2.26. The van der Waals surface area contributed by atoms with E-state index in [1.807, 2.05) is 12.1 Å². The van der Waals surface area contributed by atoms with Crippen molar-refractivity contribution in [2.75, 3.05) is 33.9 Å². The van der Waals surface area contributed by atoms with Crippen molar-refractivity contribution in [1.82, 2.24) is 9.80 Å². The van der Waals surface area contributed by atoms with Gasteiger partial charge >= 0.3 is 0 Å². The molecule has 0 saturated carbocycles. The van der Waals surface area contributed by atoms with Gasteiger partial charge in [0.15, 0.2) is 11.5 Å². The van der Waals surface area contributed by atoms with E-state index in [0.29, 0.717) is 59.1 Å². The Balaban J connectivity index is 1.76. The first kappa shape index (κ1) is 25.2. The van der Waals surface area contributed by atoms with Gasteiger partial charge in [-0.25, -0.2) is 0 Å². The Morgan fingerprint density at radius 3 is 2.30 bits per heavy atom. The van der Waals surface area contributed by atoms with Crippen molar-refractivity contribution in [1.29, 1.82) is 0 Å². The number of nitrogens with zero attached hydrogens (tertiary/aromatic N) is 2. The summed E-state index contributed by atoms with van der Waals surface area (Å²) in [6, 6.07) is 8.68. The number of rotatable bonds is 8. The van der Waals surface area contributed by atoms with Crippen LogP contribution in [0.15, 0.2) is 30.3 Å². The number of carbonyl (C=O) groups is 2. The molecule has 0 bridgehead atoms. The van der Waals surface area contributed by atoms with Crippen LogP contribution >= 0.6 is 23.2 Å². The molecule has 1 aliphatic heterocycles. The number of halogens is 2. The molecule has 8 heteroatoms. The summed E-state index contributed by atoms with van der Waals surface area (Å²) in [7, 11) is 3.21. The molecule has 0 atom stereocenters. The van der Waals surface area contributed by atoms with Gasteiger partial charge in [-0.05, 0) is 60.2 Å². The van der Waals surface area contributed by atoms with Gasteiger partial charge in [0.2, 0.25) is 5.91 Å². The summed E-state index contributed by atoms with van der Waals surface area (Å²) in [5.41, 5.74) is 2.58. The van der Waals surface area contributed by atoms with Crippen molar-refractivity contribution in [3.63, 3.8) is 0 Å². The van der Waals surface area contributed by atoms with Crippen molar-refractivity contribution in [3.8, 4) is 11.5 Å². The predicted octanol–water partition coefficient (Wildman–Crippen LogP) is 5.08. The Hall–Kier alpha value is -2.44. The zero-order chi connectivity index (χ0) is 24.1. The Bertz CT molecular complexity index is 1030. The summed E-state index contributed by atoms with van der Waals surface area (Å²) in [6.45, 7) is 5.72. The fourth-order valence-corrected chi connectivity index (χ4v) is 4.14. The molecular weight excluding hydrogens is 463 g/mol. The average Bonchev–Trinajstić information content (AvgIpc) is 2.81. The second-order valence-corrected chi connectivity index (χ2v) is 9.39. The summed E-state index contributed by atoms with van der Waals surface area (Å²) >= 11 is 12.1. The van der Waals surface area contributed by atoms with Crippen molar-refractivity contribution in [2.24, 2.45) is 5.92 Å². The Morgan fingerprint density at radius 2 is 1.70 bits per heavy atom. The molecule has 1 heterocycles. The number of hydrogen-bond acceptors (Lipinski definition) is 4. The minimum Gasteiger partial charge on any atom is -0.493 e. The molecule has 0 aromatic heterocycles. The van der Waals surface area contributed by atoms with Gasteiger partial charge in [-0.15, -0.1) is 0 Å². The molecule has 0 saturated heterocycles. The third-order valence-electron chi connectivity index (χ3n) is 5.83. The summed E-state index contributed by atoms with van der Waals surface area (Å²) in [5.74, 6) is 1.40. The quantitative estimate of drug-likeness (QED) is 0.515. The van der Waals surface area contributed by atoms with Crippen molar-refractivity contribution >= 4 is 35.0 Å². The maximum absolute atomic E-state index is 13.2. The van der Waals surface area contributed by atoms with Crippen LogP contribution in [0.2, 0.25) is 10.0 Å². The number of hydrogen-bond donors (Lipinski definition) is 0. The van der Waals surface area contributed by atoms with Gasteiger partial charge in [0.25, 0.3) is 5.91 Å². The van der Waals surface area contributed by atoms with Crippen molar-refractivity contribution < 1.29 is 19.1 Å². The molecule has 0 aliphatic carbocycles. The van der Waals surface area contributed by atoms with E-state index in [2.05, 4.69) is 13.8 Å². The maximum Gasteiger partial charge on any atom is 0.254 e. The number of ether oxygens (including phenoxy) is 2. The normalized spacial score (nSPS) is 13.0. The van der Waals surface area contributed by atoms with E-state index in [4.69, 9.17) is 32.7 Å². The second kappa shape index (κ2) is 11.1. The van der Waals surface area contributed by atoms with Crippen molar-refractivity contribution in [3.05, 3.63) is 57.1 Å². The zero-order valence-electron chi connectivity index (χ0n) is 19.5. The highest BCUT2D eigenvalue weighted by atomic mass is 35.5. The minimum absolute atomic E-state index is 0.00835. The SMILES string of the molecule is COc1cc2c(cc1OC)CN(C(=O)CN(CCC(C)C)C(=O)c1ccc(Cl)c(Cl)c1)CC2. The fraction of sp³-hybridized carbons (Fsp3) is 0.440. The second-order valence-electron chi connectivity index (χ2n) is 8.58. The van der Waals surface area contributed by atoms with Crippen LogP contribution in [0.1, 0.15) is 41.8 Å². The Kier molecular flexibility index (Phi) is 8.49. The molecule has 6 nitrogen and oxygen atoms in total. The molecule has 2 amide bonds. The van der Waals surface area contributed by atoms with Gasteiger partial charge in [-0.3, -0.25) is 9.59 Å². The highest BCUT2D eigenvalue weighted by Crippen LogP contribution is 2.33. The molecule has 33 heavy (non-hydrogen) atoms. The lowest BCUT2D eigenvalue weighted by Crippen LogP contribution is -2.45. The number of fused-ring (bicyclic) bond motifs is 1. The van der Waals surface area contributed by atoms with E-state index in [-0.39, 0.29) is 18.4 Å². The Morgan fingerprint density at radius 1 is 1.03 bits per heavy atom. The largest absolute Gasteiger partial charge is 0.493 e. The average molecular weight is 493 g/mol. The molecule has 2 aromatic rings. The molecule has 2 aromatic carbocycles. The highest BCUT2D eigenvalue weighted by molar-refractivity contribution is 6.42. The molecule has 0 fully saturated rings. The number of methoxy groups -OCH3 is 2. The maximum atomic E-state index is 13.2. The van der Waals surface area contributed by atoms with E-state index in [1.165, 1.54) is 0 Å². The molecular formula is C25H30Cl2N2O4. The summed E-state index contributed by atoms with van der Waals surface area (Å²) in [4.78, 5) is 29.8. The minimum atomic E-state index is -0.230. The lowest BCUT2D eigenvalue weighted by Gasteiger charge is -2.32. The molecule has 0 spiro atoms. The van der Waals surface area contributed by atoms with E-state index in [9.17, 15) is 9.59 Å². The first-order chi connectivity index (χ1) is 15.7. The lowest BCUT2D eigenvalue weighted by atomic mass is 9.98. The van der Waals surface area contributed by atoms with Crippen LogP contribution in [-0.2, 0) is 17.8 Å². The van der Waals surface area contributed by atoms with E-state index in [1.54, 1.807) is 42.2 Å². The van der Waals surface area contributed by atoms with Gasteiger partial charge < -0.3 is 19.3 Å². The van der Waals surface area contributed by atoms with Gasteiger partial charge in [0.1, 0.15) is 6.54 Å². The van der Waals surface area contributed by atoms with Gasteiger partial charge in [0.05, 0.1) is 24.3 Å². The number of carbonyl (C=O) groups excluding carboxylic acids is 2. The molecule has 0 radical (unpaired) electrons. The van der Waals surface area contributed by atoms with Crippen LogP contribution in [0.25, 0.3) is 0 Å². The topological polar surface area (TPSA) is 59.1 Å². The first-order valence-electron chi connectivity index (χ1n) is 11.0. The standard InChI is InChI=1S/C25H30Cl2N2O4/c1-16(2)7-9-29(25(31)18-5-6-20(26)21(27)11-18)15-24(30)28-10-8-17-12-22(32-3)23(33-4)13-19(17)14-28/h5-6,11-13,16H,7-10,14-15H2,1-4H3. The number of amides is 2. The van der Waals surface area contributed by atoms with Crippen LogP contribution < -0.4 is 9.47 Å². The van der Waals surface area contributed by atoms with Crippen LogP contribution in [0, 0.1) is 5.92 Å². The predicted molar refractivity (Wildman–Crippen MR) is 130 cm³/mol. The molecule has 3 rings (SSSR count). The van der Waals surface area contributed by atoms with Crippen LogP contribution in [0.5, 0.6) is 11.5 Å². The van der Waals surface area contributed by atoms with Crippen molar-refractivity contribution in [2.45, 2.75) is 33.2 Å². The summed E-state index contributed by atoms with van der Waals surface area (Å²) < 4.78 is 10.8. The van der Waals surface area contributed by atoms with E-state index in [0.717, 1.165) is 17.5 Å². The van der Waals surface area contributed by atoms with Crippen LogP contribution in [0.4, 0.5) is 0 Å². The van der Waals surface area contributed by atoms with E-state index < -0.39 is 0 Å². The first-order valence-corrected chi connectivity index (χ1v) is 11.7. The zero-order valence-corrected chi connectivity index (χ0v) is 21.0. The Labute approximate surface area is 205 Å². The summed E-state index contributed by atoms with van der Waals surface area (Å²) in [5, 5.41) is 0.701. The lowest BCUT2D eigenvalue weighted by molar-refractivity contribution is -0.132. The fourth-order valence-electron chi connectivity index (χ4n) is 3.84. The summed E-state index contributed by atoms with van der Waals surface area (Å²) in [6.07, 6.45) is 1.51. The molecule has 178 valence electrons. The van der Waals surface area contributed by atoms with Gasteiger partial charge in [-0.1, -0.05) is 37.0 Å². The van der Waals surface area contributed by atoms with Crippen LogP contribution in [0.3, 0.4) is 0 Å². The van der Waals surface area contributed by atoms with Gasteiger partial charge in [-0.2, -0.15) is 0 Å². The van der Waals surface area contributed by atoms with Gasteiger partial charge in [0, 0.05) is 25.2 Å². The smallest absolute Gasteiger partial charge is 0.254 e.